The SMILES string of the molecule is C=C1C[C@@]23CCCN4CC[C@@]5(c6ccccc6N[C@]15CC2)[C@@H]43. The van der Waals surface area contributed by atoms with Gasteiger partial charge in [0.2, 0.25) is 0 Å². The molecule has 0 aromatic heterocycles. The van der Waals surface area contributed by atoms with Crippen LogP contribution in [0.1, 0.15) is 44.1 Å². The number of fused-ring (bicyclic) bond motifs is 3. The van der Waals surface area contributed by atoms with Gasteiger partial charge in [-0.1, -0.05) is 30.4 Å². The highest BCUT2D eigenvalue weighted by Crippen LogP contribution is 2.73. The fraction of sp³-hybridized carbons (Fsp3) is 0.600. The quantitative estimate of drug-likeness (QED) is 0.734. The summed E-state index contributed by atoms with van der Waals surface area (Å²) in [5.41, 5.74) is 5.48. The Bertz CT molecular complexity index is 709. The molecule has 2 bridgehead atoms. The molecule has 2 saturated heterocycles. The van der Waals surface area contributed by atoms with E-state index in [-0.39, 0.29) is 5.54 Å². The van der Waals surface area contributed by atoms with E-state index in [4.69, 9.17) is 0 Å². The molecular formula is C20H24N2. The molecule has 4 atom stereocenters. The Morgan fingerprint density at radius 1 is 1.09 bits per heavy atom. The molecule has 2 nitrogen and oxygen atoms in total. The van der Waals surface area contributed by atoms with E-state index in [1.807, 2.05) is 0 Å². The highest BCUT2D eigenvalue weighted by atomic mass is 15.3. The average Bonchev–Trinajstić information content (AvgIpc) is 3.07. The largest absolute Gasteiger partial charge is 0.375 e. The summed E-state index contributed by atoms with van der Waals surface area (Å²) in [6.07, 6.45) is 8.09. The number of anilines is 1. The van der Waals surface area contributed by atoms with Gasteiger partial charge in [-0.15, -0.1) is 0 Å². The fourth-order valence-electron chi connectivity index (χ4n) is 7.51. The van der Waals surface area contributed by atoms with Gasteiger partial charge in [-0.25, -0.2) is 0 Å². The Balaban J connectivity index is 1.70. The molecule has 1 aromatic rings. The van der Waals surface area contributed by atoms with Crippen LogP contribution in [0.5, 0.6) is 0 Å². The molecule has 2 heteroatoms. The Hall–Kier alpha value is -1.28. The molecule has 5 fully saturated rings. The van der Waals surface area contributed by atoms with E-state index < -0.39 is 0 Å². The van der Waals surface area contributed by atoms with E-state index in [1.54, 1.807) is 5.56 Å². The van der Waals surface area contributed by atoms with Gasteiger partial charge in [0.1, 0.15) is 0 Å². The third kappa shape index (κ3) is 0.999. The summed E-state index contributed by atoms with van der Waals surface area (Å²) < 4.78 is 0. The zero-order valence-electron chi connectivity index (χ0n) is 13.2. The van der Waals surface area contributed by atoms with E-state index in [0.717, 1.165) is 6.04 Å². The summed E-state index contributed by atoms with van der Waals surface area (Å²) in [5.74, 6) is 0. The van der Waals surface area contributed by atoms with Crippen molar-refractivity contribution in [2.75, 3.05) is 18.4 Å². The van der Waals surface area contributed by atoms with Crippen LogP contribution in [0.3, 0.4) is 0 Å². The number of rotatable bonds is 0. The lowest BCUT2D eigenvalue weighted by Crippen LogP contribution is -2.73. The summed E-state index contributed by atoms with van der Waals surface area (Å²) >= 11 is 0. The Labute approximate surface area is 132 Å². The van der Waals surface area contributed by atoms with Gasteiger partial charge in [0.15, 0.2) is 0 Å². The van der Waals surface area contributed by atoms with Gasteiger partial charge in [-0.05, 0) is 68.7 Å². The number of hydrogen-bond acceptors (Lipinski definition) is 2. The lowest BCUT2D eigenvalue weighted by Gasteiger charge is -2.67. The lowest BCUT2D eigenvalue weighted by atomic mass is 9.41. The van der Waals surface area contributed by atoms with Crippen molar-refractivity contribution >= 4 is 5.69 Å². The molecule has 7 rings (SSSR count). The molecule has 1 aromatic carbocycles. The van der Waals surface area contributed by atoms with Gasteiger partial charge < -0.3 is 5.32 Å². The molecule has 3 heterocycles. The highest BCUT2D eigenvalue weighted by Gasteiger charge is 2.76. The molecule has 3 aliphatic carbocycles. The van der Waals surface area contributed by atoms with Gasteiger partial charge in [0, 0.05) is 17.1 Å². The summed E-state index contributed by atoms with van der Waals surface area (Å²) in [7, 11) is 0. The number of benzene rings is 1. The molecule has 0 unspecified atom stereocenters. The monoisotopic (exact) mass is 292 g/mol. The molecule has 0 amide bonds. The van der Waals surface area contributed by atoms with Crippen LogP contribution in [0.2, 0.25) is 0 Å². The third-order valence-electron chi connectivity index (χ3n) is 8.01. The number of nitrogens with zero attached hydrogens (tertiary/aromatic N) is 1. The molecule has 3 saturated carbocycles. The van der Waals surface area contributed by atoms with Gasteiger partial charge >= 0.3 is 0 Å². The Morgan fingerprint density at radius 2 is 2.00 bits per heavy atom. The van der Waals surface area contributed by atoms with Gasteiger partial charge in [-0.3, -0.25) is 4.90 Å². The van der Waals surface area contributed by atoms with Crippen LogP contribution in [-0.2, 0) is 5.41 Å². The van der Waals surface area contributed by atoms with Crippen LogP contribution in [0.15, 0.2) is 36.4 Å². The standard InChI is InChI=1S/C20H24N2/c1-14-13-18-7-4-11-22-12-10-19(17(18)22)15-5-2-3-6-16(15)21-20(14,19)9-8-18/h2-3,5-6,17,21H,1,4,7-13H2/t17-,18+,19+,20+/m0/s1. The fourth-order valence-corrected chi connectivity index (χ4v) is 7.51. The molecule has 6 aliphatic rings. The van der Waals surface area contributed by atoms with E-state index >= 15 is 0 Å². The molecule has 1 N–H and O–H groups in total. The average molecular weight is 292 g/mol. The molecule has 0 radical (unpaired) electrons. The first kappa shape index (κ1) is 12.2. The van der Waals surface area contributed by atoms with Crippen molar-refractivity contribution in [3.8, 4) is 0 Å². The molecule has 3 aliphatic heterocycles. The third-order valence-corrected chi connectivity index (χ3v) is 8.01. The van der Waals surface area contributed by atoms with Crippen molar-refractivity contribution in [2.24, 2.45) is 5.41 Å². The van der Waals surface area contributed by atoms with Crippen molar-refractivity contribution in [1.82, 2.24) is 4.90 Å². The number of para-hydroxylation sites is 1. The minimum absolute atomic E-state index is 0.148. The van der Waals surface area contributed by atoms with Crippen LogP contribution in [0.4, 0.5) is 5.69 Å². The predicted octanol–water partition coefficient (Wildman–Crippen LogP) is 3.70. The maximum Gasteiger partial charge on any atom is 0.0696 e. The topological polar surface area (TPSA) is 15.3 Å². The van der Waals surface area contributed by atoms with Crippen LogP contribution in [0.25, 0.3) is 0 Å². The molecular weight excluding hydrogens is 268 g/mol. The van der Waals surface area contributed by atoms with Crippen LogP contribution in [0, 0.1) is 5.41 Å². The minimum Gasteiger partial charge on any atom is -0.375 e. The molecule has 114 valence electrons. The predicted molar refractivity (Wildman–Crippen MR) is 89.1 cm³/mol. The van der Waals surface area contributed by atoms with E-state index in [1.165, 1.54) is 62.9 Å². The molecule has 22 heavy (non-hydrogen) atoms. The van der Waals surface area contributed by atoms with Crippen LogP contribution in [-0.4, -0.2) is 29.6 Å². The zero-order chi connectivity index (χ0) is 14.6. The maximum atomic E-state index is 4.63. The minimum atomic E-state index is 0.148. The highest BCUT2D eigenvalue weighted by molar-refractivity contribution is 5.71. The first-order valence-electron chi connectivity index (χ1n) is 9.02. The summed E-state index contributed by atoms with van der Waals surface area (Å²) in [5, 5.41) is 4.01. The Kier molecular flexibility index (Phi) is 1.91. The van der Waals surface area contributed by atoms with Crippen molar-refractivity contribution in [3.05, 3.63) is 42.0 Å². The van der Waals surface area contributed by atoms with Gasteiger partial charge in [-0.2, -0.15) is 0 Å². The first-order valence-corrected chi connectivity index (χ1v) is 9.02. The summed E-state index contributed by atoms with van der Waals surface area (Å²) in [4.78, 5) is 2.85. The van der Waals surface area contributed by atoms with Crippen molar-refractivity contribution < 1.29 is 0 Å². The lowest BCUT2D eigenvalue weighted by molar-refractivity contribution is -0.0718. The van der Waals surface area contributed by atoms with E-state index in [9.17, 15) is 0 Å². The molecule has 3 spiro atoms. The first-order chi connectivity index (χ1) is 10.7. The number of piperidine rings is 1. The normalized spacial score (nSPS) is 47.8. The summed E-state index contributed by atoms with van der Waals surface area (Å²) in [6.45, 7) is 7.24. The smallest absolute Gasteiger partial charge is 0.0696 e. The van der Waals surface area contributed by atoms with Crippen LogP contribution < -0.4 is 5.32 Å². The van der Waals surface area contributed by atoms with Crippen molar-refractivity contribution in [1.29, 1.82) is 0 Å². The van der Waals surface area contributed by atoms with Crippen molar-refractivity contribution in [2.45, 2.75) is 55.5 Å². The van der Waals surface area contributed by atoms with Gasteiger partial charge in [0.05, 0.1) is 5.54 Å². The number of nitrogens with one attached hydrogen (secondary N) is 1. The maximum absolute atomic E-state index is 4.63. The van der Waals surface area contributed by atoms with Gasteiger partial charge in [0.25, 0.3) is 0 Å². The van der Waals surface area contributed by atoms with E-state index in [0.29, 0.717) is 10.8 Å². The second-order valence-electron chi connectivity index (χ2n) is 8.48. The zero-order valence-corrected chi connectivity index (χ0v) is 13.2. The second kappa shape index (κ2) is 3.46. The Morgan fingerprint density at radius 3 is 2.91 bits per heavy atom. The van der Waals surface area contributed by atoms with Crippen molar-refractivity contribution in [3.63, 3.8) is 0 Å². The summed E-state index contributed by atoms with van der Waals surface area (Å²) in [6, 6.07) is 9.91. The number of hydrogen-bond donors (Lipinski definition) is 1. The van der Waals surface area contributed by atoms with Crippen LogP contribution >= 0.6 is 0 Å². The second-order valence-corrected chi connectivity index (χ2v) is 8.48. The van der Waals surface area contributed by atoms with E-state index in [2.05, 4.69) is 41.1 Å².